The van der Waals surface area contributed by atoms with E-state index in [0.717, 1.165) is 16.9 Å². The summed E-state index contributed by atoms with van der Waals surface area (Å²) in [6, 6.07) is 14.9. The molecule has 2 aromatic rings. The summed E-state index contributed by atoms with van der Waals surface area (Å²) in [6.07, 6.45) is 1.63. The van der Waals surface area contributed by atoms with Crippen LogP contribution in [-0.2, 0) is 16.6 Å². The van der Waals surface area contributed by atoms with Crippen LogP contribution in [0.4, 0.5) is 5.69 Å². The van der Waals surface area contributed by atoms with E-state index in [-0.39, 0.29) is 0 Å². The summed E-state index contributed by atoms with van der Waals surface area (Å²) in [6.45, 7) is 0.299. The third-order valence-corrected chi connectivity index (χ3v) is 4.84. The topological polar surface area (TPSA) is 46.6 Å². The molecule has 5 heteroatoms. The van der Waals surface area contributed by atoms with E-state index in [2.05, 4.69) is 0 Å². The summed E-state index contributed by atoms with van der Waals surface area (Å²) in [7, 11) is -1.83. The molecule has 4 nitrogen and oxygen atoms in total. The molecule has 1 aliphatic rings. The van der Waals surface area contributed by atoms with Crippen molar-refractivity contribution in [2.75, 3.05) is 11.4 Å². The highest BCUT2D eigenvalue weighted by atomic mass is 32.2. The number of para-hydroxylation sites is 1. The number of anilines is 1. The Morgan fingerprint density at radius 2 is 1.76 bits per heavy atom. The van der Waals surface area contributed by atoms with Crippen LogP contribution in [0.5, 0.6) is 5.75 Å². The second kappa shape index (κ2) is 5.26. The lowest BCUT2D eigenvalue weighted by molar-refractivity contribution is 0.414. The predicted molar refractivity (Wildman–Crippen MR) is 83.6 cm³/mol. The van der Waals surface area contributed by atoms with Gasteiger partial charge in [0.1, 0.15) is 5.75 Å². The Kier molecular flexibility index (Phi) is 3.43. The van der Waals surface area contributed by atoms with E-state index in [4.69, 9.17) is 4.74 Å². The third kappa shape index (κ3) is 2.64. The number of nitrogens with zero attached hydrogens (tertiary/aromatic N) is 1. The zero-order chi connectivity index (χ0) is 14.9. The van der Waals surface area contributed by atoms with Crippen molar-refractivity contribution in [1.82, 2.24) is 0 Å². The van der Waals surface area contributed by atoms with Crippen LogP contribution in [0.15, 0.2) is 53.9 Å². The van der Waals surface area contributed by atoms with Crippen LogP contribution in [0.2, 0.25) is 0 Å². The number of hydrogen-bond acceptors (Lipinski definition) is 3. The minimum Gasteiger partial charge on any atom is -0.497 e. The molecule has 0 N–H and O–H groups in total. The van der Waals surface area contributed by atoms with Gasteiger partial charge in [-0.15, -0.1) is 0 Å². The maximum absolute atomic E-state index is 12.3. The quantitative estimate of drug-likeness (QED) is 0.875. The lowest BCUT2D eigenvalue weighted by Gasteiger charge is -2.27. The van der Waals surface area contributed by atoms with Crippen molar-refractivity contribution in [2.24, 2.45) is 0 Å². The van der Waals surface area contributed by atoms with Gasteiger partial charge in [0.2, 0.25) is 0 Å². The van der Waals surface area contributed by atoms with Crippen molar-refractivity contribution in [1.29, 1.82) is 0 Å². The molecule has 0 saturated carbocycles. The molecule has 0 atom stereocenters. The summed E-state index contributed by atoms with van der Waals surface area (Å²) in [5, 5.41) is 1.25. The van der Waals surface area contributed by atoms with Crippen molar-refractivity contribution in [3.8, 4) is 5.75 Å². The Bertz CT molecular complexity index is 779. The summed E-state index contributed by atoms with van der Waals surface area (Å²) in [5.41, 5.74) is 2.51. The van der Waals surface area contributed by atoms with Gasteiger partial charge < -0.3 is 4.74 Å². The number of benzene rings is 2. The van der Waals surface area contributed by atoms with E-state index in [1.165, 1.54) is 9.71 Å². The lowest BCUT2D eigenvalue weighted by atomic mass is 10.1. The Hall–Kier alpha value is -2.27. The van der Waals surface area contributed by atoms with Gasteiger partial charge in [-0.25, -0.2) is 8.42 Å². The fourth-order valence-corrected chi connectivity index (χ4v) is 3.53. The number of fused-ring (bicyclic) bond motifs is 1. The second-order valence-electron chi connectivity index (χ2n) is 4.76. The van der Waals surface area contributed by atoms with E-state index >= 15 is 0 Å². The van der Waals surface area contributed by atoms with Gasteiger partial charge >= 0.3 is 0 Å². The Morgan fingerprint density at radius 3 is 2.48 bits per heavy atom. The molecule has 21 heavy (non-hydrogen) atoms. The summed E-state index contributed by atoms with van der Waals surface area (Å²) in [5.74, 6) is 0.751. The lowest BCUT2D eigenvalue weighted by Crippen LogP contribution is -2.30. The summed E-state index contributed by atoms with van der Waals surface area (Å²) >= 11 is 0. The molecule has 2 aromatic carbocycles. The molecular formula is C16H15NO3S. The van der Waals surface area contributed by atoms with Gasteiger partial charge in [-0.3, -0.25) is 4.31 Å². The first-order valence-corrected chi connectivity index (χ1v) is 8.03. The fourth-order valence-electron chi connectivity index (χ4n) is 2.30. The highest BCUT2D eigenvalue weighted by Gasteiger charge is 2.25. The fraction of sp³-hybridized carbons (Fsp3) is 0.125. The molecule has 0 radical (unpaired) electrons. The minimum atomic E-state index is -3.43. The Balaban J connectivity index is 1.97. The number of rotatable bonds is 3. The molecule has 3 rings (SSSR count). The van der Waals surface area contributed by atoms with Gasteiger partial charge in [0.15, 0.2) is 0 Å². The largest absolute Gasteiger partial charge is 0.497 e. The van der Waals surface area contributed by atoms with Crippen LogP contribution >= 0.6 is 0 Å². The van der Waals surface area contributed by atoms with Crippen LogP contribution in [0, 0.1) is 0 Å². The van der Waals surface area contributed by atoms with Gasteiger partial charge in [0.05, 0.1) is 24.7 Å². The van der Waals surface area contributed by atoms with Crippen molar-refractivity contribution < 1.29 is 13.2 Å². The third-order valence-electron chi connectivity index (χ3n) is 3.42. The molecule has 0 spiro atoms. The molecular weight excluding hydrogens is 286 g/mol. The van der Waals surface area contributed by atoms with Gasteiger partial charge in [0, 0.05) is 0 Å². The Morgan fingerprint density at radius 1 is 1.05 bits per heavy atom. The SMILES string of the molecule is COc1ccc(CN2c3ccccc3C=CS2(=O)=O)cc1. The Labute approximate surface area is 124 Å². The van der Waals surface area contributed by atoms with Gasteiger partial charge in [-0.1, -0.05) is 30.3 Å². The summed E-state index contributed by atoms with van der Waals surface area (Å²) < 4.78 is 31.1. The monoisotopic (exact) mass is 301 g/mol. The van der Waals surface area contributed by atoms with E-state index < -0.39 is 10.0 Å². The van der Waals surface area contributed by atoms with Crippen LogP contribution in [0.3, 0.4) is 0 Å². The molecule has 0 saturated heterocycles. The molecule has 1 heterocycles. The first-order valence-electron chi connectivity index (χ1n) is 6.53. The highest BCUT2D eigenvalue weighted by Crippen LogP contribution is 2.31. The molecule has 0 unspecified atom stereocenters. The minimum absolute atomic E-state index is 0.299. The van der Waals surface area contributed by atoms with Crippen molar-refractivity contribution >= 4 is 21.8 Å². The van der Waals surface area contributed by atoms with Gasteiger partial charge in [-0.2, -0.15) is 0 Å². The second-order valence-corrected chi connectivity index (χ2v) is 6.50. The number of hydrogen-bond donors (Lipinski definition) is 0. The zero-order valence-electron chi connectivity index (χ0n) is 11.6. The average Bonchev–Trinajstić information content (AvgIpc) is 2.51. The molecule has 0 amide bonds. The van der Waals surface area contributed by atoms with E-state index in [1.54, 1.807) is 13.2 Å². The zero-order valence-corrected chi connectivity index (χ0v) is 12.4. The van der Waals surface area contributed by atoms with Crippen LogP contribution < -0.4 is 9.04 Å². The van der Waals surface area contributed by atoms with Crippen molar-refractivity contribution in [3.63, 3.8) is 0 Å². The standard InChI is InChI=1S/C16H15NO3S/c1-20-15-8-6-13(7-9-15)12-17-16-5-3-2-4-14(16)10-11-21(17,18)19/h2-11H,12H2,1H3. The molecule has 1 aliphatic heterocycles. The highest BCUT2D eigenvalue weighted by molar-refractivity contribution is 7.95. The average molecular weight is 301 g/mol. The maximum Gasteiger partial charge on any atom is 0.257 e. The summed E-state index contributed by atoms with van der Waals surface area (Å²) in [4.78, 5) is 0. The molecule has 0 fully saturated rings. The van der Waals surface area contributed by atoms with Crippen LogP contribution in [0.25, 0.3) is 6.08 Å². The molecule has 108 valence electrons. The van der Waals surface area contributed by atoms with E-state index in [0.29, 0.717) is 12.2 Å². The van der Waals surface area contributed by atoms with E-state index in [1.807, 2.05) is 48.5 Å². The molecule has 0 aromatic heterocycles. The number of methoxy groups -OCH3 is 1. The van der Waals surface area contributed by atoms with E-state index in [9.17, 15) is 8.42 Å². The smallest absolute Gasteiger partial charge is 0.257 e. The number of ether oxygens (including phenoxy) is 1. The predicted octanol–water partition coefficient (Wildman–Crippen LogP) is 3.02. The van der Waals surface area contributed by atoms with Crippen molar-refractivity contribution in [2.45, 2.75) is 6.54 Å². The van der Waals surface area contributed by atoms with Crippen LogP contribution in [-0.4, -0.2) is 15.5 Å². The van der Waals surface area contributed by atoms with Gasteiger partial charge in [0.25, 0.3) is 10.0 Å². The first-order chi connectivity index (χ1) is 10.1. The van der Waals surface area contributed by atoms with Crippen LogP contribution in [0.1, 0.15) is 11.1 Å². The van der Waals surface area contributed by atoms with Crippen molar-refractivity contribution in [3.05, 3.63) is 65.1 Å². The molecule has 0 aliphatic carbocycles. The van der Waals surface area contributed by atoms with Gasteiger partial charge in [-0.05, 0) is 35.4 Å². The molecule has 0 bridgehead atoms. The normalized spacial score (nSPS) is 15.6. The number of sulfonamides is 1. The first kappa shape index (κ1) is 13.7. The maximum atomic E-state index is 12.3.